The Morgan fingerprint density at radius 3 is 2.45 bits per heavy atom. The number of hydrogen-bond donors (Lipinski definition) is 1. The smallest absolute Gasteiger partial charge is 0.220 e. The van der Waals surface area contributed by atoms with Crippen LogP contribution in [0.2, 0.25) is 0 Å². The summed E-state index contributed by atoms with van der Waals surface area (Å²) in [5.41, 5.74) is 0.872. The third-order valence-electron chi connectivity index (χ3n) is 4.45. The van der Waals surface area contributed by atoms with E-state index in [0.29, 0.717) is 6.42 Å². The molecule has 2 rings (SSSR count). The number of nitrogens with one attached hydrogen (secondary N) is 1. The minimum Gasteiger partial charge on any atom is -0.347 e. The lowest BCUT2D eigenvalue weighted by molar-refractivity contribution is -0.123. The summed E-state index contributed by atoms with van der Waals surface area (Å²) in [6.45, 7) is 4.14. The highest BCUT2D eigenvalue weighted by Gasteiger charge is 2.23. The summed E-state index contributed by atoms with van der Waals surface area (Å²) in [5, 5.41) is 3.17. The molecule has 1 amide bonds. The van der Waals surface area contributed by atoms with Crippen molar-refractivity contribution in [2.45, 2.75) is 64.3 Å². The molecule has 0 radical (unpaired) electrons. The average Bonchev–Trinajstić information content (AvgIpc) is 2.47. The Morgan fingerprint density at radius 1 is 1.15 bits per heavy atom. The maximum Gasteiger partial charge on any atom is 0.220 e. The van der Waals surface area contributed by atoms with E-state index in [4.69, 9.17) is 0 Å². The quantitative estimate of drug-likeness (QED) is 0.846. The second-order valence-corrected chi connectivity index (χ2v) is 6.58. The normalized spacial score (nSPS) is 16.9. The number of rotatable bonds is 5. The molecule has 0 aromatic heterocycles. The topological polar surface area (TPSA) is 29.1 Å². The molecule has 1 saturated carbocycles. The van der Waals surface area contributed by atoms with Gasteiger partial charge in [0.2, 0.25) is 5.91 Å². The number of amides is 1. The van der Waals surface area contributed by atoms with E-state index in [1.165, 1.54) is 32.1 Å². The van der Waals surface area contributed by atoms with Crippen LogP contribution in [0.4, 0.5) is 0 Å². The van der Waals surface area contributed by atoms with Gasteiger partial charge in [-0.25, -0.2) is 0 Å². The van der Waals surface area contributed by atoms with Gasteiger partial charge in [-0.2, -0.15) is 0 Å². The molecule has 2 nitrogen and oxygen atoms in total. The summed E-state index contributed by atoms with van der Waals surface area (Å²) in [6, 6.07) is 10.2. The average molecular weight is 273 g/mol. The fraction of sp³-hybridized carbons (Fsp3) is 0.611. The van der Waals surface area contributed by atoms with Crippen molar-refractivity contribution in [3.8, 4) is 0 Å². The van der Waals surface area contributed by atoms with Crippen molar-refractivity contribution in [1.82, 2.24) is 5.32 Å². The van der Waals surface area contributed by atoms with E-state index in [2.05, 4.69) is 31.3 Å². The van der Waals surface area contributed by atoms with Crippen LogP contribution in [0.15, 0.2) is 30.3 Å². The second kappa shape index (κ2) is 6.92. The summed E-state index contributed by atoms with van der Waals surface area (Å²) >= 11 is 0. The highest BCUT2D eigenvalue weighted by atomic mass is 16.1. The first-order valence-corrected chi connectivity index (χ1v) is 7.94. The van der Waals surface area contributed by atoms with E-state index in [9.17, 15) is 4.79 Å². The second-order valence-electron chi connectivity index (χ2n) is 6.58. The molecular formula is C18H27NO. The molecule has 1 aromatic carbocycles. The molecule has 0 saturated heterocycles. The van der Waals surface area contributed by atoms with E-state index in [0.717, 1.165) is 17.9 Å². The SMILES string of the molecule is CC(C)(NC(=O)CCC1CCCCC1)c1ccccc1. The van der Waals surface area contributed by atoms with Crippen molar-refractivity contribution in [1.29, 1.82) is 0 Å². The molecule has 1 fully saturated rings. The molecule has 0 bridgehead atoms. The molecule has 1 aromatic rings. The van der Waals surface area contributed by atoms with Crippen LogP contribution in [0, 0.1) is 5.92 Å². The van der Waals surface area contributed by atoms with Crippen LogP contribution in [-0.2, 0) is 10.3 Å². The van der Waals surface area contributed by atoms with E-state index >= 15 is 0 Å². The van der Waals surface area contributed by atoms with Crippen LogP contribution in [-0.4, -0.2) is 5.91 Å². The molecule has 1 aliphatic carbocycles. The predicted octanol–water partition coefficient (Wildman–Crippen LogP) is 4.40. The minimum absolute atomic E-state index is 0.185. The van der Waals surface area contributed by atoms with Crippen LogP contribution >= 0.6 is 0 Å². The van der Waals surface area contributed by atoms with Crippen LogP contribution < -0.4 is 5.32 Å². The van der Waals surface area contributed by atoms with E-state index in [1.807, 2.05) is 18.2 Å². The van der Waals surface area contributed by atoms with Crippen molar-refractivity contribution < 1.29 is 4.79 Å². The molecule has 0 atom stereocenters. The van der Waals surface area contributed by atoms with Gasteiger partial charge in [-0.05, 0) is 31.7 Å². The van der Waals surface area contributed by atoms with Gasteiger partial charge in [-0.15, -0.1) is 0 Å². The van der Waals surface area contributed by atoms with Gasteiger partial charge in [0.15, 0.2) is 0 Å². The standard InChI is InChI=1S/C18H27NO/c1-18(2,16-11-7-4-8-12-16)19-17(20)14-13-15-9-5-3-6-10-15/h4,7-8,11-12,15H,3,5-6,9-10,13-14H2,1-2H3,(H,19,20). The Bertz CT molecular complexity index is 418. The van der Waals surface area contributed by atoms with Gasteiger partial charge in [0, 0.05) is 6.42 Å². The van der Waals surface area contributed by atoms with Gasteiger partial charge >= 0.3 is 0 Å². The molecule has 1 N–H and O–H groups in total. The highest BCUT2D eigenvalue weighted by Crippen LogP contribution is 2.27. The van der Waals surface area contributed by atoms with Gasteiger partial charge in [0.25, 0.3) is 0 Å². The number of carbonyl (C=O) groups excluding carboxylic acids is 1. The zero-order valence-electron chi connectivity index (χ0n) is 12.8. The first kappa shape index (κ1) is 15.1. The Balaban J connectivity index is 1.81. The molecule has 0 heterocycles. The monoisotopic (exact) mass is 273 g/mol. The lowest BCUT2D eigenvalue weighted by atomic mass is 9.86. The van der Waals surface area contributed by atoms with Crippen molar-refractivity contribution in [2.75, 3.05) is 0 Å². The Labute approximate surface area is 123 Å². The lowest BCUT2D eigenvalue weighted by Gasteiger charge is -2.28. The maximum absolute atomic E-state index is 12.2. The van der Waals surface area contributed by atoms with Crippen molar-refractivity contribution in [3.63, 3.8) is 0 Å². The minimum atomic E-state index is -0.287. The summed E-state index contributed by atoms with van der Waals surface area (Å²) < 4.78 is 0. The first-order chi connectivity index (χ1) is 9.58. The first-order valence-electron chi connectivity index (χ1n) is 7.94. The van der Waals surface area contributed by atoms with E-state index in [-0.39, 0.29) is 11.4 Å². The molecule has 0 aliphatic heterocycles. The molecule has 20 heavy (non-hydrogen) atoms. The largest absolute Gasteiger partial charge is 0.347 e. The highest BCUT2D eigenvalue weighted by molar-refractivity contribution is 5.76. The Kier molecular flexibility index (Phi) is 5.22. The van der Waals surface area contributed by atoms with Gasteiger partial charge in [-0.3, -0.25) is 4.79 Å². The summed E-state index contributed by atoms with van der Waals surface area (Å²) in [6.07, 6.45) is 8.43. The van der Waals surface area contributed by atoms with Crippen LogP contribution in [0.1, 0.15) is 64.4 Å². The molecule has 110 valence electrons. The lowest BCUT2D eigenvalue weighted by Crippen LogP contribution is -2.41. The van der Waals surface area contributed by atoms with Crippen molar-refractivity contribution in [2.24, 2.45) is 5.92 Å². The third-order valence-corrected chi connectivity index (χ3v) is 4.45. The van der Waals surface area contributed by atoms with Gasteiger partial charge in [0.1, 0.15) is 0 Å². The third kappa shape index (κ3) is 4.36. The fourth-order valence-corrected chi connectivity index (χ4v) is 3.15. The van der Waals surface area contributed by atoms with Crippen LogP contribution in [0.25, 0.3) is 0 Å². The number of carbonyl (C=O) groups is 1. The number of benzene rings is 1. The van der Waals surface area contributed by atoms with Gasteiger partial charge < -0.3 is 5.32 Å². The number of hydrogen-bond acceptors (Lipinski definition) is 1. The van der Waals surface area contributed by atoms with Crippen molar-refractivity contribution in [3.05, 3.63) is 35.9 Å². The fourth-order valence-electron chi connectivity index (χ4n) is 3.15. The van der Waals surface area contributed by atoms with Crippen LogP contribution in [0.3, 0.4) is 0 Å². The summed E-state index contributed by atoms with van der Waals surface area (Å²) in [4.78, 5) is 12.2. The summed E-state index contributed by atoms with van der Waals surface area (Å²) in [5.74, 6) is 0.957. The Morgan fingerprint density at radius 2 is 1.80 bits per heavy atom. The van der Waals surface area contributed by atoms with Gasteiger partial charge in [0.05, 0.1) is 5.54 Å². The molecular weight excluding hydrogens is 246 g/mol. The summed E-state index contributed by atoms with van der Waals surface area (Å²) in [7, 11) is 0. The zero-order valence-corrected chi connectivity index (χ0v) is 12.8. The zero-order chi connectivity index (χ0) is 14.4. The van der Waals surface area contributed by atoms with Gasteiger partial charge in [-0.1, -0.05) is 62.4 Å². The van der Waals surface area contributed by atoms with Crippen LogP contribution in [0.5, 0.6) is 0 Å². The predicted molar refractivity (Wildman–Crippen MR) is 83.4 cm³/mol. The Hall–Kier alpha value is -1.31. The van der Waals surface area contributed by atoms with Crippen molar-refractivity contribution >= 4 is 5.91 Å². The van der Waals surface area contributed by atoms with E-state index < -0.39 is 0 Å². The molecule has 0 spiro atoms. The molecule has 1 aliphatic rings. The molecule has 2 heteroatoms. The maximum atomic E-state index is 12.2. The van der Waals surface area contributed by atoms with E-state index in [1.54, 1.807) is 0 Å². The molecule has 0 unspecified atom stereocenters.